The van der Waals surface area contributed by atoms with E-state index in [1.54, 1.807) is 0 Å². The molecule has 1 amide bonds. The van der Waals surface area contributed by atoms with E-state index in [0.717, 1.165) is 24.2 Å². The van der Waals surface area contributed by atoms with Crippen LogP contribution in [0.3, 0.4) is 0 Å². The maximum Gasteiger partial charge on any atom is 0.273 e. The lowest BCUT2D eigenvalue weighted by atomic mass is 10.2. The highest BCUT2D eigenvalue weighted by atomic mass is 16.5. The van der Waals surface area contributed by atoms with E-state index in [9.17, 15) is 4.79 Å². The van der Waals surface area contributed by atoms with E-state index in [2.05, 4.69) is 17.2 Å². The second-order valence-corrected chi connectivity index (χ2v) is 4.41. The second-order valence-electron chi connectivity index (χ2n) is 4.41. The van der Waals surface area contributed by atoms with Gasteiger partial charge in [-0.2, -0.15) is 0 Å². The van der Waals surface area contributed by atoms with Gasteiger partial charge in [0.15, 0.2) is 12.1 Å². The van der Waals surface area contributed by atoms with E-state index in [4.69, 9.17) is 9.15 Å². The summed E-state index contributed by atoms with van der Waals surface area (Å²) in [5.74, 6) is 0.572. The molecule has 1 N–H and O–H groups in total. The van der Waals surface area contributed by atoms with E-state index in [1.165, 1.54) is 12.7 Å². The van der Waals surface area contributed by atoms with Crippen molar-refractivity contribution in [3.8, 4) is 5.75 Å². The van der Waals surface area contributed by atoms with Crippen molar-refractivity contribution in [2.75, 3.05) is 6.61 Å². The Labute approximate surface area is 118 Å². The number of nitrogens with zero attached hydrogens (tertiary/aromatic N) is 1. The van der Waals surface area contributed by atoms with Gasteiger partial charge in [-0.1, -0.05) is 25.5 Å². The van der Waals surface area contributed by atoms with Gasteiger partial charge in [0, 0.05) is 6.54 Å². The van der Waals surface area contributed by atoms with Gasteiger partial charge < -0.3 is 14.5 Å². The normalized spacial score (nSPS) is 10.2. The van der Waals surface area contributed by atoms with Crippen LogP contribution in [-0.2, 0) is 6.54 Å². The Morgan fingerprint density at radius 3 is 3.10 bits per heavy atom. The zero-order valence-corrected chi connectivity index (χ0v) is 11.5. The Morgan fingerprint density at radius 1 is 1.45 bits per heavy atom. The van der Waals surface area contributed by atoms with Crippen LogP contribution in [0, 0.1) is 0 Å². The number of ether oxygens (including phenoxy) is 1. The van der Waals surface area contributed by atoms with E-state index in [-0.39, 0.29) is 11.6 Å². The molecule has 0 fully saturated rings. The summed E-state index contributed by atoms with van der Waals surface area (Å²) in [5, 5.41) is 2.78. The molecule has 0 spiro atoms. The average Bonchev–Trinajstić information content (AvgIpc) is 3.00. The second kappa shape index (κ2) is 7.33. The van der Waals surface area contributed by atoms with Gasteiger partial charge in [0.05, 0.1) is 6.61 Å². The van der Waals surface area contributed by atoms with Gasteiger partial charge in [0.1, 0.15) is 12.0 Å². The zero-order valence-electron chi connectivity index (χ0n) is 11.5. The largest absolute Gasteiger partial charge is 0.494 e. The smallest absolute Gasteiger partial charge is 0.273 e. The van der Waals surface area contributed by atoms with Crippen LogP contribution >= 0.6 is 0 Å². The fourth-order valence-corrected chi connectivity index (χ4v) is 1.68. The van der Waals surface area contributed by atoms with Crippen molar-refractivity contribution in [1.82, 2.24) is 10.3 Å². The number of oxazole rings is 1. The first-order valence-corrected chi connectivity index (χ1v) is 6.67. The number of carbonyl (C=O) groups is 1. The van der Waals surface area contributed by atoms with Crippen molar-refractivity contribution in [2.45, 2.75) is 26.3 Å². The molecule has 2 aromatic rings. The first-order valence-electron chi connectivity index (χ1n) is 6.67. The Balaban J connectivity index is 1.86. The Bertz CT molecular complexity index is 538. The Morgan fingerprint density at radius 2 is 2.35 bits per heavy atom. The van der Waals surface area contributed by atoms with Crippen molar-refractivity contribution in [3.63, 3.8) is 0 Å². The van der Waals surface area contributed by atoms with Crippen LogP contribution in [0.15, 0.2) is 41.3 Å². The van der Waals surface area contributed by atoms with Gasteiger partial charge in [-0.15, -0.1) is 0 Å². The third kappa shape index (κ3) is 4.12. The molecule has 0 aliphatic heterocycles. The van der Waals surface area contributed by atoms with Crippen LogP contribution in [-0.4, -0.2) is 17.5 Å². The lowest BCUT2D eigenvalue weighted by Crippen LogP contribution is -2.23. The molecule has 0 saturated carbocycles. The molecule has 0 radical (unpaired) electrons. The molecule has 5 heteroatoms. The lowest BCUT2D eigenvalue weighted by molar-refractivity contribution is 0.0946. The molecule has 0 aliphatic rings. The minimum absolute atomic E-state index is 0.254. The van der Waals surface area contributed by atoms with Gasteiger partial charge in [0.25, 0.3) is 5.91 Å². The topological polar surface area (TPSA) is 64.4 Å². The molecule has 1 aromatic carbocycles. The summed E-state index contributed by atoms with van der Waals surface area (Å²) in [6, 6.07) is 7.70. The highest BCUT2D eigenvalue weighted by Gasteiger charge is 2.08. The van der Waals surface area contributed by atoms with Crippen molar-refractivity contribution in [3.05, 3.63) is 48.2 Å². The van der Waals surface area contributed by atoms with Crippen LogP contribution in [0.2, 0.25) is 0 Å². The summed E-state index contributed by atoms with van der Waals surface area (Å²) in [7, 11) is 0. The van der Waals surface area contributed by atoms with Crippen LogP contribution in [0.1, 0.15) is 35.8 Å². The molecule has 0 saturated heterocycles. The van der Waals surface area contributed by atoms with Gasteiger partial charge in [-0.05, 0) is 24.1 Å². The van der Waals surface area contributed by atoms with Gasteiger partial charge in [-0.3, -0.25) is 4.79 Å². The monoisotopic (exact) mass is 274 g/mol. The molecule has 1 aromatic heterocycles. The number of rotatable bonds is 7. The molecule has 106 valence electrons. The van der Waals surface area contributed by atoms with Gasteiger partial charge in [-0.25, -0.2) is 4.98 Å². The predicted octanol–water partition coefficient (Wildman–Crippen LogP) is 2.78. The number of amides is 1. The highest BCUT2D eigenvalue weighted by Crippen LogP contribution is 2.13. The quantitative estimate of drug-likeness (QED) is 0.788. The first-order chi connectivity index (χ1) is 9.79. The summed E-state index contributed by atoms with van der Waals surface area (Å²) in [5.41, 5.74) is 1.26. The summed E-state index contributed by atoms with van der Waals surface area (Å²) in [6.07, 6.45) is 4.69. The number of unbranched alkanes of at least 4 members (excludes halogenated alkanes) is 1. The Kier molecular flexibility index (Phi) is 5.17. The minimum Gasteiger partial charge on any atom is -0.494 e. The van der Waals surface area contributed by atoms with Crippen LogP contribution in [0.5, 0.6) is 5.75 Å². The number of hydrogen-bond donors (Lipinski definition) is 1. The molecule has 0 bridgehead atoms. The predicted molar refractivity (Wildman–Crippen MR) is 74.5 cm³/mol. The average molecular weight is 274 g/mol. The number of hydrogen-bond acceptors (Lipinski definition) is 4. The van der Waals surface area contributed by atoms with Gasteiger partial charge in [0.2, 0.25) is 0 Å². The molecule has 5 nitrogen and oxygen atoms in total. The molecule has 0 aliphatic carbocycles. The number of aromatic nitrogens is 1. The van der Waals surface area contributed by atoms with Crippen LogP contribution < -0.4 is 10.1 Å². The standard InChI is InChI=1S/C15H18N2O3/c1-2-3-7-20-13-6-4-5-12(8-13)9-16-15(18)14-10-19-11-17-14/h4-6,8,10-11H,2-3,7,9H2,1H3,(H,16,18). The molecular formula is C15H18N2O3. The highest BCUT2D eigenvalue weighted by molar-refractivity contribution is 5.91. The number of carbonyl (C=O) groups excluding carboxylic acids is 1. The maximum absolute atomic E-state index is 11.7. The van der Waals surface area contributed by atoms with E-state index < -0.39 is 0 Å². The fourth-order valence-electron chi connectivity index (χ4n) is 1.68. The van der Waals surface area contributed by atoms with E-state index in [0.29, 0.717) is 13.2 Å². The third-order valence-corrected chi connectivity index (χ3v) is 2.78. The number of benzene rings is 1. The summed E-state index contributed by atoms with van der Waals surface area (Å²) in [4.78, 5) is 15.5. The maximum atomic E-state index is 11.7. The SMILES string of the molecule is CCCCOc1cccc(CNC(=O)c2cocn2)c1. The van der Waals surface area contributed by atoms with Crippen molar-refractivity contribution < 1.29 is 13.9 Å². The molecule has 1 heterocycles. The third-order valence-electron chi connectivity index (χ3n) is 2.78. The van der Waals surface area contributed by atoms with E-state index >= 15 is 0 Å². The first kappa shape index (κ1) is 14.1. The molecule has 20 heavy (non-hydrogen) atoms. The molecule has 0 atom stereocenters. The minimum atomic E-state index is -0.254. The van der Waals surface area contributed by atoms with Crippen molar-refractivity contribution >= 4 is 5.91 Å². The van der Waals surface area contributed by atoms with Crippen LogP contribution in [0.4, 0.5) is 0 Å². The van der Waals surface area contributed by atoms with E-state index in [1.807, 2.05) is 24.3 Å². The molecular weight excluding hydrogens is 256 g/mol. The van der Waals surface area contributed by atoms with Crippen LogP contribution in [0.25, 0.3) is 0 Å². The summed E-state index contributed by atoms with van der Waals surface area (Å²) >= 11 is 0. The zero-order chi connectivity index (χ0) is 14.2. The Hall–Kier alpha value is -2.30. The summed E-state index contributed by atoms with van der Waals surface area (Å²) in [6.45, 7) is 3.27. The summed E-state index contributed by atoms with van der Waals surface area (Å²) < 4.78 is 10.4. The molecule has 0 unspecified atom stereocenters. The van der Waals surface area contributed by atoms with Gasteiger partial charge >= 0.3 is 0 Å². The van der Waals surface area contributed by atoms with Crippen molar-refractivity contribution in [2.24, 2.45) is 0 Å². The lowest BCUT2D eigenvalue weighted by Gasteiger charge is -2.08. The van der Waals surface area contributed by atoms with Crippen molar-refractivity contribution in [1.29, 1.82) is 0 Å². The molecule has 2 rings (SSSR count). The number of nitrogens with one attached hydrogen (secondary N) is 1. The fraction of sp³-hybridized carbons (Fsp3) is 0.333.